The number of anilines is 1. The monoisotopic (exact) mass is 406 g/mol. The van der Waals surface area contributed by atoms with Crippen LogP contribution in [0.3, 0.4) is 0 Å². The number of benzene rings is 2. The molecule has 0 aliphatic carbocycles. The number of amides is 1. The normalized spacial score (nSPS) is 14.8. The molecule has 0 unspecified atom stereocenters. The van der Waals surface area contributed by atoms with Gasteiger partial charge in [0.15, 0.2) is 0 Å². The van der Waals surface area contributed by atoms with Crippen LogP contribution in [0.2, 0.25) is 5.02 Å². The van der Waals surface area contributed by atoms with Crippen molar-refractivity contribution in [2.75, 3.05) is 24.4 Å². The fraction of sp³-hybridized carbons (Fsp3) is 0.350. The first-order valence-corrected chi connectivity index (χ1v) is 10.8. The first kappa shape index (κ1) is 19.7. The fourth-order valence-electron chi connectivity index (χ4n) is 3.16. The van der Waals surface area contributed by atoms with Gasteiger partial charge in [-0.2, -0.15) is 0 Å². The van der Waals surface area contributed by atoms with E-state index in [1.807, 2.05) is 17.0 Å². The first-order chi connectivity index (χ1) is 12.9. The predicted molar refractivity (Wildman–Crippen MR) is 108 cm³/mol. The molecule has 5 nitrogen and oxygen atoms in total. The summed E-state index contributed by atoms with van der Waals surface area (Å²) in [6, 6.07) is 13.2. The van der Waals surface area contributed by atoms with Crippen molar-refractivity contribution >= 4 is 33.2 Å². The van der Waals surface area contributed by atoms with E-state index in [9.17, 15) is 13.2 Å². The summed E-state index contributed by atoms with van der Waals surface area (Å²) < 4.78 is 26.7. The maximum Gasteiger partial charge on any atom is 0.264 e. The highest BCUT2D eigenvalue weighted by atomic mass is 35.5. The van der Waals surface area contributed by atoms with Crippen LogP contribution < -0.4 is 4.31 Å². The molecule has 1 amide bonds. The van der Waals surface area contributed by atoms with Gasteiger partial charge in [0, 0.05) is 25.2 Å². The molecule has 0 radical (unpaired) electrons. The average molecular weight is 407 g/mol. The van der Waals surface area contributed by atoms with Crippen LogP contribution in [0.15, 0.2) is 53.4 Å². The molecule has 1 fully saturated rings. The van der Waals surface area contributed by atoms with E-state index in [1.165, 1.54) is 29.9 Å². The zero-order valence-electron chi connectivity index (χ0n) is 15.3. The number of sulfonamides is 1. The van der Waals surface area contributed by atoms with Crippen LogP contribution in [0, 0.1) is 0 Å². The van der Waals surface area contributed by atoms with Gasteiger partial charge in [-0.15, -0.1) is 0 Å². The number of halogens is 1. The van der Waals surface area contributed by atoms with Gasteiger partial charge in [-0.1, -0.05) is 23.7 Å². The van der Waals surface area contributed by atoms with E-state index in [2.05, 4.69) is 0 Å². The highest BCUT2D eigenvalue weighted by Crippen LogP contribution is 2.24. The summed E-state index contributed by atoms with van der Waals surface area (Å²) in [4.78, 5) is 14.5. The molecule has 27 heavy (non-hydrogen) atoms. The number of carbonyl (C=O) groups is 1. The molecule has 2 aromatic rings. The maximum absolute atomic E-state index is 12.7. The Morgan fingerprint density at radius 3 is 2.19 bits per heavy atom. The van der Waals surface area contributed by atoms with Crippen molar-refractivity contribution in [1.29, 1.82) is 0 Å². The van der Waals surface area contributed by atoms with Gasteiger partial charge >= 0.3 is 0 Å². The number of likely N-dealkylation sites (tertiary alicyclic amines) is 1. The van der Waals surface area contributed by atoms with Gasteiger partial charge in [-0.05, 0) is 61.2 Å². The van der Waals surface area contributed by atoms with Crippen molar-refractivity contribution in [2.45, 2.75) is 30.6 Å². The number of piperidine rings is 1. The van der Waals surface area contributed by atoms with Gasteiger partial charge in [0.2, 0.25) is 5.91 Å². The molecule has 3 rings (SSSR count). The maximum atomic E-state index is 12.7. The Morgan fingerprint density at radius 1 is 1.00 bits per heavy atom. The lowest BCUT2D eigenvalue weighted by Crippen LogP contribution is -2.36. The minimum Gasteiger partial charge on any atom is -0.342 e. The van der Waals surface area contributed by atoms with E-state index >= 15 is 0 Å². The SMILES string of the molecule is CN(c1ccc(CC(=O)N2CCCCC2)cc1)S(=O)(=O)c1ccc(Cl)cc1. The molecule has 0 bridgehead atoms. The van der Waals surface area contributed by atoms with Crippen LogP contribution in [-0.4, -0.2) is 39.4 Å². The molecular formula is C20H23ClN2O3S. The summed E-state index contributed by atoms with van der Waals surface area (Å²) in [5.74, 6) is 0.129. The Morgan fingerprint density at radius 2 is 1.59 bits per heavy atom. The van der Waals surface area contributed by atoms with Gasteiger partial charge < -0.3 is 4.90 Å². The van der Waals surface area contributed by atoms with Crippen LogP contribution in [0.1, 0.15) is 24.8 Å². The van der Waals surface area contributed by atoms with Crippen molar-refractivity contribution in [1.82, 2.24) is 4.90 Å². The van der Waals surface area contributed by atoms with Gasteiger partial charge in [-0.3, -0.25) is 9.10 Å². The fourth-order valence-corrected chi connectivity index (χ4v) is 4.48. The summed E-state index contributed by atoms with van der Waals surface area (Å²) in [6.45, 7) is 1.66. The Balaban J connectivity index is 1.70. The van der Waals surface area contributed by atoms with Gasteiger partial charge in [-0.25, -0.2) is 8.42 Å². The van der Waals surface area contributed by atoms with E-state index in [4.69, 9.17) is 11.6 Å². The Bertz CT molecular complexity index is 890. The lowest BCUT2D eigenvalue weighted by molar-refractivity contribution is -0.131. The summed E-state index contributed by atoms with van der Waals surface area (Å²) in [5.41, 5.74) is 1.42. The molecular weight excluding hydrogens is 384 g/mol. The average Bonchev–Trinajstić information content (AvgIpc) is 2.69. The van der Waals surface area contributed by atoms with E-state index in [0.29, 0.717) is 17.1 Å². The molecule has 0 saturated carbocycles. The number of hydrogen-bond donors (Lipinski definition) is 0. The zero-order valence-corrected chi connectivity index (χ0v) is 16.8. The minimum absolute atomic E-state index is 0.129. The van der Waals surface area contributed by atoms with E-state index < -0.39 is 10.0 Å². The molecule has 1 heterocycles. The lowest BCUT2D eigenvalue weighted by Gasteiger charge is -2.26. The van der Waals surface area contributed by atoms with E-state index in [-0.39, 0.29) is 10.8 Å². The van der Waals surface area contributed by atoms with Gasteiger partial charge in [0.1, 0.15) is 0 Å². The third-order valence-corrected chi connectivity index (χ3v) is 6.89. The largest absolute Gasteiger partial charge is 0.342 e. The zero-order chi connectivity index (χ0) is 19.4. The second kappa shape index (κ2) is 8.31. The summed E-state index contributed by atoms with van der Waals surface area (Å²) >= 11 is 5.83. The number of nitrogens with zero attached hydrogens (tertiary/aromatic N) is 2. The quantitative estimate of drug-likeness (QED) is 0.760. The molecule has 7 heteroatoms. The van der Waals surface area contributed by atoms with Crippen LogP contribution in [0.5, 0.6) is 0 Å². The molecule has 1 aliphatic rings. The lowest BCUT2D eigenvalue weighted by atomic mass is 10.1. The molecule has 0 aromatic heterocycles. The Hall–Kier alpha value is -2.05. The number of carbonyl (C=O) groups excluding carboxylic acids is 1. The third kappa shape index (κ3) is 4.62. The van der Waals surface area contributed by atoms with Crippen molar-refractivity contribution in [3.8, 4) is 0 Å². The molecule has 1 aliphatic heterocycles. The van der Waals surface area contributed by atoms with Crippen LogP contribution >= 0.6 is 11.6 Å². The van der Waals surface area contributed by atoms with Crippen molar-refractivity contribution in [3.63, 3.8) is 0 Å². The van der Waals surface area contributed by atoms with Crippen LogP contribution in [-0.2, 0) is 21.2 Å². The van der Waals surface area contributed by atoms with Crippen molar-refractivity contribution in [2.24, 2.45) is 0 Å². The van der Waals surface area contributed by atoms with Crippen molar-refractivity contribution < 1.29 is 13.2 Å². The second-order valence-electron chi connectivity index (χ2n) is 6.71. The standard InChI is InChI=1S/C20H23ClN2O3S/c1-22(27(25,26)19-11-7-17(21)8-12-19)18-9-5-16(6-10-18)15-20(24)23-13-3-2-4-14-23/h5-12H,2-4,13-15H2,1H3. The smallest absolute Gasteiger partial charge is 0.264 e. The highest BCUT2D eigenvalue weighted by molar-refractivity contribution is 7.92. The van der Waals surface area contributed by atoms with Gasteiger partial charge in [0.05, 0.1) is 17.0 Å². The van der Waals surface area contributed by atoms with Crippen LogP contribution in [0.4, 0.5) is 5.69 Å². The number of hydrogen-bond acceptors (Lipinski definition) is 3. The van der Waals surface area contributed by atoms with Gasteiger partial charge in [0.25, 0.3) is 10.0 Å². The summed E-state index contributed by atoms with van der Waals surface area (Å²) in [5, 5.41) is 0.485. The first-order valence-electron chi connectivity index (χ1n) is 8.99. The van der Waals surface area contributed by atoms with E-state index in [0.717, 1.165) is 31.5 Å². The predicted octanol–water partition coefficient (Wildman–Crippen LogP) is 3.72. The minimum atomic E-state index is -3.66. The second-order valence-corrected chi connectivity index (χ2v) is 9.12. The molecule has 0 N–H and O–H groups in total. The molecule has 144 valence electrons. The summed E-state index contributed by atoms with van der Waals surface area (Å²) in [6.07, 6.45) is 3.66. The summed E-state index contributed by atoms with van der Waals surface area (Å²) in [7, 11) is -2.15. The molecule has 1 saturated heterocycles. The molecule has 0 atom stereocenters. The number of rotatable bonds is 5. The third-order valence-electron chi connectivity index (χ3n) is 4.84. The Labute approximate surface area is 165 Å². The topological polar surface area (TPSA) is 57.7 Å². The highest BCUT2D eigenvalue weighted by Gasteiger charge is 2.21. The van der Waals surface area contributed by atoms with Crippen molar-refractivity contribution in [3.05, 3.63) is 59.1 Å². The Kier molecular flexibility index (Phi) is 6.07. The molecule has 2 aromatic carbocycles. The van der Waals surface area contributed by atoms with Crippen LogP contribution in [0.25, 0.3) is 0 Å². The molecule has 0 spiro atoms. The van der Waals surface area contributed by atoms with E-state index in [1.54, 1.807) is 24.3 Å².